The lowest BCUT2D eigenvalue weighted by Gasteiger charge is -2.28. The summed E-state index contributed by atoms with van der Waals surface area (Å²) >= 11 is 0. The lowest BCUT2D eigenvalue weighted by atomic mass is 9.95. The van der Waals surface area contributed by atoms with E-state index in [2.05, 4.69) is 4.90 Å². The summed E-state index contributed by atoms with van der Waals surface area (Å²) in [6, 6.07) is 0.0693. The van der Waals surface area contributed by atoms with E-state index in [0.717, 1.165) is 44.5 Å². The first kappa shape index (κ1) is 15.9. The van der Waals surface area contributed by atoms with Crippen molar-refractivity contribution in [1.82, 2.24) is 9.13 Å². The van der Waals surface area contributed by atoms with Crippen molar-refractivity contribution in [2.45, 2.75) is 58.9 Å². The van der Waals surface area contributed by atoms with Gasteiger partial charge in [0.15, 0.2) is 0 Å². The van der Waals surface area contributed by atoms with E-state index in [9.17, 15) is 9.59 Å². The maximum absolute atomic E-state index is 12.9. The first-order valence-corrected chi connectivity index (χ1v) is 8.09. The molecule has 0 aromatic carbocycles. The quantitative estimate of drug-likeness (QED) is 0.855. The van der Waals surface area contributed by atoms with E-state index in [1.807, 2.05) is 20.8 Å². The largest absolute Gasteiger partial charge is 0.366 e. The van der Waals surface area contributed by atoms with Crippen LogP contribution in [0, 0.1) is 6.92 Å². The Morgan fingerprint density at radius 2 is 1.67 bits per heavy atom. The first-order chi connectivity index (χ1) is 10.0. The number of aromatic nitrogens is 2. The van der Waals surface area contributed by atoms with E-state index < -0.39 is 0 Å². The van der Waals surface area contributed by atoms with Gasteiger partial charge in [-0.2, -0.15) is 0 Å². The van der Waals surface area contributed by atoms with Crippen LogP contribution in [0.2, 0.25) is 0 Å². The molecular formula is C16H27N3O2. The van der Waals surface area contributed by atoms with Crippen LogP contribution in [0.4, 0.5) is 5.69 Å². The molecule has 0 saturated heterocycles. The van der Waals surface area contributed by atoms with Crippen molar-refractivity contribution in [3.05, 3.63) is 26.5 Å². The summed E-state index contributed by atoms with van der Waals surface area (Å²) in [5.74, 6) is 0. The number of nitrogens with zero attached hydrogens (tertiary/aromatic N) is 3. The molecule has 1 aliphatic carbocycles. The van der Waals surface area contributed by atoms with Crippen LogP contribution in [-0.4, -0.2) is 22.2 Å². The summed E-state index contributed by atoms with van der Waals surface area (Å²) in [6.45, 7) is 7.49. The molecule has 0 radical (unpaired) electrons. The maximum Gasteiger partial charge on any atom is 0.331 e. The highest BCUT2D eigenvalue weighted by Crippen LogP contribution is 2.26. The lowest BCUT2D eigenvalue weighted by molar-refractivity contribution is 0.331. The average molecular weight is 293 g/mol. The van der Waals surface area contributed by atoms with Gasteiger partial charge >= 0.3 is 5.69 Å². The Balaban J connectivity index is 2.65. The molecule has 0 aliphatic heterocycles. The molecule has 118 valence electrons. The van der Waals surface area contributed by atoms with E-state index >= 15 is 0 Å². The maximum atomic E-state index is 12.9. The van der Waals surface area contributed by atoms with Crippen LogP contribution in [0.5, 0.6) is 0 Å². The molecule has 0 unspecified atom stereocenters. The summed E-state index contributed by atoms with van der Waals surface area (Å²) in [6.07, 6.45) is 5.30. The molecule has 2 rings (SSSR count). The van der Waals surface area contributed by atoms with Crippen LogP contribution in [0.15, 0.2) is 9.59 Å². The second-order valence-corrected chi connectivity index (χ2v) is 5.91. The second kappa shape index (κ2) is 6.50. The zero-order chi connectivity index (χ0) is 15.6. The molecule has 0 N–H and O–H groups in total. The van der Waals surface area contributed by atoms with Crippen LogP contribution in [0.25, 0.3) is 0 Å². The molecule has 1 saturated carbocycles. The van der Waals surface area contributed by atoms with Gasteiger partial charge in [0, 0.05) is 31.9 Å². The Kier molecular flexibility index (Phi) is 4.91. The summed E-state index contributed by atoms with van der Waals surface area (Å²) in [5, 5.41) is 0. The first-order valence-electron chi connectivity index (χ1n) is 8.09. The van der Waals surface area contributed by atoms with Crippen LogP contribution in [0.3, 0.4) is 0 Å². The Bertz CT molecular complexity index is 605. The third-order valence-electron chi connectivity index (χ3n) is 4.78. The van der Waals surface area contributed by atoms with Crippen molar-refractivity contribution in [3.8, 4) is 0 Å². The SMILES string of the molecule is CCN(CC)c1c(C)n(C)c(=O)n(C2CCCCC2)c1=O. The molecule has 0 spiro atoms. The molecule has 5 nitrogen and oxygen atoms in total. The Hall–Kier alpha value is -1.52. The summed E-state index contributed by atoms with van der Waals surface area (Å²) in [4.78, 5) is 27.5. The van der Waals surface area contributed by atoms with Gasteiger partial charge in [-0.15, -0.1) is 0 Å². The number of anilines is 1. The van der Waals surface area contributed by atoms with Gasteiger partial charge in [0.2, 0.25) is 0 Å². The van der Waals surface area contributed by atoms with E-state index in [4.69, 9.17) is 0 Å². The molecule has 1 aromatic rings. The fourth-order valence-electron chi connectivity index (χ4n) is 3.38. The minimum atomic E-state index is -0.166. The van der Waals surface area contributed by atoms with Gasteiger partial charge in [-0.1, -0.05) is 19.3 Å². The smallest absolute Gasteiger partial charge is 0.331 e. The number of hydrogen-bond acceptors (Lipinski definition) is 3. The van der Waals surface area contributed by atoms with Crippen molar-refractivity contribution >= 4 is 5.69 Å². The minimum absolute atomic E-state index is 0.0693. The molecule has 1 heterocycles. The van der Waals surface area contributed by atoms with Crippen LogP contribution < -0.4 is 16.1 Å². The fraction of sp³-hybridized carbons (Fsp3) is 0.750. The summed E-state index contributed by atoms with van der Waals surface area (Å²) in [7, 11) is 1.77. The Labute approximate surface area is 126 Å². The Morgan fingerprint density at radius 1 is 1.10 bits per heavy atom. The average Bonchev–Trinajstić information content (AvgIpc) is 2.50. The molecule has 5 heteroatoms. The summed E-state index contributed by atoms with van der Waals surface area (Å²) < 4.78 is 3.14. The highest BCUT2D eigenvalue weighted by Gasteiger charge is 2.24. The third kappa shape index (κ3) is 2.78. The fourth-order valence-corrected chi connectivity index (χ4v) is 3.38. The molecule has 0 bridgehead atoms. The monoisotopic (exact) mass is 293 g/mol. The zero-order valence-corrected chi connectivity index (χ0v) is 13.7. The second-order valence-electron chi connectivity index (χ2n) is 5.91. The minimum Gasteiger partial charge on any atom is -0.366 e. The number of rotatable bonds is 4. The van der Waals surface area contributed by atoms with E-state index in [0.29, 0.717) is 5.69 Å². The van der Waals surface area contributed by atoms with Crippen molar-refractivity contribution in [2.24, 2.45) is 7.05 Å². The summed E-state index contributed by atoms with van der Waals surface area (Å²) in [5.41, 5.74) is 1.18. The van der Waals surface area contributed by atoms with E-state index in [1.165, 1.54) is 11.0 Å². The molecule has 0 amide bonds. The number of hydrogen-bond donors (Lipinski definition) is 0. The topological polar surface area (TPSA) is 47.2 Å². The highest BCUT2D eigenvalue weighted by atomic mass is 16.2. The highest BCUT2D eigenvalue weighted by molar-refractivity contribution is 5.48. The van der Waals surface area contributed by atoms with Crippen LogP contribution >= 0.6 is 0 Å². The normalized spacial score (nSPS) is 16.2. The van der Waals surface area contributed by atoms with Gasteiger partial charge in [-0.3, -0.25) is 13.9 Å². The molecule has 1 fully saturated rings. The van der Waals surface area contributed by atoms with Crippen molar-refractivity contribution in [2.75, 3.05) is 18.0 Å². The van der Waals surface area contributed by atoms with Gasteiger partial charge in [0.25, 0.3) is 5.56 Å². The van der Waals surface area contributed by atoms with Crippen LogP contribution in [-0.2, 0) is 7.05 Å². The van der Waals surface area contributed by atoms with E-state index in [-0.39, 0.29) is 17.3 Å². The van der Waals surface area contributed by atoms with Crippen molar-refractivity contribution < 1.29 is 0 Å². The van der Waals surface area contributed by atoms with Crippen molar-refractivity contribution in [3.63, 3.8) is 0 Å². The zero-order valence-electron chi connectivity index (χ0n) is 13.7. The van der Waals surface area contributed by atoms with E-state index in [1.54, 1.807) is 11.6 Å². The molecule has 1 aromatic heterocycles. The van der Waals surface area contributed by atoms with Crippen LogP contribution in [0.1, 0.15) is 57.7 Å². The lowest BCUT2D eigenvalue weighted by Crippen LogP contribution is -2.46. The third-order valence-corrected chi connectivity index (χ3v) is 4.78. The standard InChI is InChI=1S/C16H27N3O2/c1-5-18(6-2)14-12(3)17(4)16(21)19(15(14)20)13-10-8-7-9-11-13/h13H,5-11H2,1-4H3. The Morgan fingerprint density at radius 3 is 2.19 bits per heavy atom. The molecular weight excluding hydrogens is 266 g/mol. The molecule has 0 atom stereocenters. The van der Waals surface area contributed by atoms with Gasteiger partial charge in [0.05, 0.1) is 0 Å². The van der Waals surface area contributed by atoms with Gasteiger partial charge in [-0.05, 0) is 33.6 Å². The van der Waals surface area contributed by atoms with Gasteiger partial charge in [0.1, 0.15) is 5.69 Å². The van der Waals surface area contributed by atoms with Crippen molar-refractivity contribution in [1.29, 1.82) is 0 Å². The molecule has 21 heavy (non-hydrogen) atoms. The van der Waals surface area contributed by atoms with Gasteiger partial charge < -0.3 is 4.90 Å². The predicted molar refractivity (Wildman–Crippen MR) is 86.4 cm³/mol. The van der Waals surface area contributed by atoms with Gasteiger partial charge in [-0.25, -0.2) is 4.79 Å². The predicted octanol–water partition coefficient (Wildman–Crippen LogP) is 2.21. The molecule has 1 aliphatic rings.